The molecular formula is C18H17ClN2O6. The lowest BCUT2D eigenvalue weighted by molar-refractivity contribution is -0.385. The van der Waals surface area contributed by atoms with E-state index < -0.39 is 29.4 Å². The third-order valence-corrected chi connectivity index (χ3v) is 4.03. The van der Waals surface area contributed by atoms with Crippen LogP contribution in [0.15, 0.2) is 42.5 Å². The fourth-order valence-corrected chi connectivity index (χ4v) is 2.62. The molecule has 0 aliphatic heterocycles. The highest BCUT2D eigenvalue weighted by Crippen LogP contribution is 2.27. The molecule has 27 heavy (non-hydrogen) atoms. The first kappa shape index (κ1) is 20.2. The van der Waals surface area contributed by atoms with Crippen LogP contribution < -0.4 is 10.1 Å². The number of rotatable bonds is 7. The maximum atomic E-state index is 12.1. The molecule has 142 valence electrons. The summed E-state index contributed by atoms with van der Waals surface area (Å²) in [5.74, 6) is -1.29. The molecule has 0 aliphatic rings. The zero-order chi connectivity index (χ0) is 20.0. The predicted octanol–water partition coefficient (Wildman–Crippen LogP) is 3.29. The van der Waals surface area contributed by atoms with Crippen LogP contribution in [0.25, 0.3) is 0 Å². The Morgan fingerprint density at radius 2 is 1.96 bits per heavy atom. The Morgan fingerprint density at radius 1 is 1.26 bits per heavy atom. The second-order valence-corrected chi connectivity index (χ2v) is 5.89. The molecule has 1 amide bonds. The highest BCUT2D eigenvalue weighted by Gasteiger charge is 2.19. The van der Waals surface area contributed by atoms with Gasteiger partial charge in [0.2, 0.25) is 0 Å². The van der Waals surface area contributed by atoms with Gasteiger partial charge in [-0.3, -0.25) is 19.7 Å². The Hall–Kier alpha value is -3.13. The van der Waals surface area contributed by atoms with Crippen molar-refractivity contribution in [3.63, 3.8) is 0 Å². The molecule has 0 saturated carbocycles. The van der Waals surface area contributed by atoms with Gasteiger partial charge in [-0.05, 0) is 25.1 Å². The summed E-state index contributed by atoms with van der Waals surface area (Å²) in [4.78, 5) is 34.4. The summed E-state index contributed by atoms with van der Waals surface area (Å²) < 4.78 is 10.1. The fraction of sp³-hybridized carbons (Fsp3) is 0.222. The molecule has 0 fully saturated rings. The highest BCUT2D eigenvalue weighted by molar-refractivity contribution is 6.31. The largest absolute Gasteiger partial charge is 0.490 e. The first-order valence-electron chi connectivity index (χ1n) is 7.88. The van der Waals surface area contributed by atoms with Crippen molar-refractivity contribution in [2.45, 2.75) is 13.0 Å². The number of methoxy groups -OCH3 is 1. The number of nitro groups is 1. The van der Waals surface area contributed by atoms with Gasteiger partial charge in [0.15, 0.2) is 5.75 Å². The van der Waals surface area contributed by atoms with Crippen LogP contribution in [-0.2, 0) is 9.53 Å². The van der Waals surface area contributed by atoms with E-state index >= 15 is 0 Å². The molecule has 0 bridgehead atoms. The van der Waals surface area contributed by atoms with E-state index in [9.17, 15) is 19.7 Å². The van der Waals surface area contributed by atoms with E-state index in [2.05, 4.69) is 5.32 Å². The number of benzene rings is 2. The van der Waals surface area contributed by atoms with Gasteiger partial charge in [0.1, 0.15) is 12.6 Å². The number of ether oxygens (including phenoxy) is 2. The third-order valence-electron chi connectivity index (χ3n) is 3.68. The van der Waals surface area contributed by atoms with E-state index in [1.165, 1.54) is 19.2 Å². The van der Waals surface area contributed by atoms with Crippen LogP contribution >= 0.6 is 11.6 Å². The third kappa shape index (κ3) is 5.18. The van der Waals surface area contributed by atoms with Gasteiger partial charge >= 0.3 is 11.7 Å². The molecule has 1 N–H and O–H groups in total. The van der Waals surface area contributed by atoms with Gasteiger partial charge in [-0.25, -0.2) is 0 Å². The lowest BCUT2D eigenvalue weighted by atomic mass is 10.1. The van der Waals surface area contributed by atoms with Crippen LogP contribution in [0.2, 0.25) is 5.02 Å². The van der Waals surface area contributed by atoms with Crippen molar-refractivity contribution in [1.29, 1.82) is 0 Å². The molecular weight excluding hydrogens is 376 g/mol. The number of carbonyl (C=O) groups is 2. The van der Waals surface area contributed by atoms with Gasteiger partial charge in [0.25, 0.3) is 5.91 Å². The highest BCUT2D eigenvalue weighted by atomic mass is 35.5. The molecule has 0 aliphatic carbocycles. The minimum Gasteiger partial charge on any atom is -0.490 e. The van der Waals surface area contributed by atoms with Gasteiger partial charge in [-0.1, -0.05) is 29.8 Å². The number of nitro benzene ring substituents is 1. The topological polar surface area (TPSA) is 108 Å². The van der Waals surface area contributed by atoms with E-state index in [0.29, 0.717) is 10.6 Å². The SMILES string of the molecule is COc1ccc(C(=O)NCC(=O)O[C@@H](C)c2ccccc2Cl)cc1[N+](=O)[O-]. The van der Waals surface area contributed by atoms with Gasteiger partial charge in [0.05, 0.1) is 12.0 Å². The standard InChI is InChI=1S/C18H17ClN2O6/c1-11(13-5-3-4-6-14(13)19)27-17(22)10-20-18(23)12-7-8-16(26-2)15(9-12)21(24)25/h3-9,11H,10H2,1-2H3,(H,20,23)/t11-/m0/s1. The minimum atomic E-state index is -0.668. The summed E-state index contributed by atoms with van der Waals surface area (Å²) in [6.45, 7) is 1.27. The maximum absolute atomic E-state index is 12.1. The van der Waals surface area contributed by atoms with Crippen molar-refractivity contribution >= 4 is 29.2 Å². The number of nitrogens with one attached hydrogen (secondary N) is 1. The quantitative estimate of drug-likeness (QED) is 0.440. The van der Waals surface area contributed by atoms with Crippen molar-refractivity contribution in [1.82, 2.24) is 5.32 Å². The van der Waals surface area contributed by atoms with Crippen LogP contribution in [0.1, 0.15) is 28.9 Å². The molecule has 0 unspecified atom stereocenters. The second-order valence-electron chi connectivity index (χ2n) is 5.48. The Labute approximate surface area is 160 Å². The monoisotopic (exact) mass is 392 g/mol. The molecule has 2 rings (SSSR count). The fourth-order valence-electron chi connectivity index (χ4n) is 2.34. The number of hydrogen-bond acceptors (Lipinski definition) is 6. The Balaban J connectivity index is 1.97. The number of amides is 1. The number of nitrogens with zero attached hydrogens (tertiary/aromatic N) is 1. The summed E-state index contributed by atoms with van der Waals surface area (Å²) in [5, 5.41) is 13.8. The number of hydrogen-bond donors (Lipinski definition) is 1. The lowest BCUT2D eigenvalue weighted by Gasteiger charge is -2.15. The number of carbonyl (C=O) groups excluding carboxylic acids is 2. The second kappa shape index (κ2) is 9.00. The van der Waals surface area contributed by atoms with E-state index in [1.54, 1.807) is 31.2 Å². The van der Waals surface area contributed by atoms with Crippen LogP contribution in [0.5, 0.6) is 5.75 Å². The van der Waals surface area contributed by atoms with E-state index in [4.69, 9.17) is 21.1 Å². The van der Waals surface area contributed by atoms with E-state index in [1.807, 2.05) is 0 Å². The average molecular weight is 393 g/mol. The molecule has 0 heterocycles. The molecule has 0 spiro atoms. The zero-order valence-electron chi connectivity index (χ0n) is 14.6. The van der Waals surface area contributed by atoms with Gasteiger partial charge in [-0.15, -0.1) is 0 Å². The van der Waals surface area contributed by atoms with Crippen molar-refractivity contribution in [2.24, 2.45) is 0 Å². The molecule has 0 radical (unpaired) electrons. The lowest BCUT2D eigenvalue weighted by Crippen LogP contribution is -2.31. The normalized spacial score (nSPS) is 11.4. The van der Waals surface area contributed by atoms with Crippen molar-refractivity contribution in [2.75, 3.05) is 13.7 Å². The molecule has 0 saturated heterocycles. The first-order chi connectivity index (χ1) is 12.8. The van der Waals surface area contributed by atoms with Crippen LogP contribution in [-0.4, -0.2) is 30.5 Å². The number of halogens is 1. The first-order valence-corrected chi connectivity index (χ1v) is 8.25. The van der Waals surface area contributed by atoms with E-state index in [-0.39, 0.29) is 17.0 Å². The Bertz CT molecular complexity index is 871. The smallest absolute Gasteiger partial charge is 0.326 e. The molecule has 0 aromatic heterocycles. The molecule has 8 nitrogen and oxygen atoms in total. The molecule has 1 atom stereocenters. The summed E-state index contributed by atoms with van der Waals surface area (Å²) in [5.41, 5.74) is 0.319. The molecule has 9 heteroatoms. The summed E-state index contributed by atoms with van der Waals surface area (Å²) in [6, 6.07) is 10.7. The maximum Gasteiger partial charge on any atom is 0.326 e. The van der Waals surface area contributed by atoms with Crippen molar-refractivity contribution < 1.29 is 24.0 Å². The minimum absolute atomic E-state index is 0.0226. The van der Waals surface area contributed by atoms with Crippen LogP contribution in [0.4, 0.5) is 5.69 Å². The van der Waals surface area contributed by atoms with Gasteiger partial charge in [-0.2, -0.15) is 0 Å². The zero-order valence-corrected chi connectivity index (χ0v) is 15.4. The van der Waals surface area contributed by atoms with Crippen molar-refractivity contribution in [3.8, 4) is 5.75 Å². The average Bonchev–Trinajstić information content (AvgIpc) is 2.65. The van der Waals surface area contributed by atoms with Gasteiger partial charge < -0.3 is 14.8 Å². The number of esters is 1. The summed E-state index contributed by atoms with van der Waals surface area (Å²) in [6.07, 6.45) is -0.592. The molecule has 2 aromatic carbocycles. The van der Waals surface area contributed by atoms with Crippen LogP contribution in [0, 0.1) is 10.1 Å². The summed E-state index contributed by atoms with van der Waals surface area (Å²) in [7, 11) is 1.29. The van der Waals surface area contributed by atoms with Crippen LogP contribution in [0.3, 0.4) is 0 Å². The van der Waals surface area contributed by atoms with E-state index in [0.717, 1.165) is 6.07 Å². The molecule has 2 aromatic rings. The van der Waals surface area contributed by atoms with Gasteiger partial charge in [0, 0.05) is 22.2 Å². The van der Waals surface area contributed by atoms with Crippen molar-refractivity contribution in [3.05, 3.63) is 68.7 Å². The Kier molecular flexibility index (Phi) is 6.73. The summed E-state index contributed by atoms with van der Waals surface area (Å²) >= 11 is 6.05. The Morgan fingerprint density at radius 3 is 2.59 bits per heavy atom. The predicted molar refractivity (Wildman–Crippen MR) is 97.9 cm³/mol.